The molecule has 4 heteroatoms. The molecule has 1 heterocycles. The summed E-state index contributed by atoms with van der Waals surface area (Å²) in [5, 5.41) is 3.13. The fourth-order valence-corrected chi connectivity index (χ4v) is 3.64. The molecular weight excluding hydrogens is 348 g/mol. The third-order valence-electron chi connectivity index (χ3n) is 5.46. The number of para-hydroxylation sites is 1. The minimum atomic E-state index is -0.00214. The normalized spacial score (nSPS) is 16.5. The lowest BCUT2D eigenvalue weighted by atomic mass is 9.95. The zero-order valence-corrected chi connectivity index (χ0v) is 17.3. The van der Waals surface area contributed by atoms with Gasteiger partial charge in [-0.1, -0.05) is 48.0 Å². The van der Waals surface area contributed by atoms with Crippen molar-refractivity contribution < 1.29 is 9.53 Å². The molecule has 4 nitrogen and oxygen atoms in total. The van der Waals surface area contributed by atoms with Crippen LogP contribution < -0.4 is 10.1 Å². The van der Waals surface area contributed by atoms with Crippen LogP contribution >= 0.6 is 0 Å². The van der Waals surface area contributed by atoms with Crippen LogP contribution in [0.15, 0.2) is 48.5 Å². The van der Waals surface area contributed by atoms with Crippen LogP contribution in [0, 0.1) is 19.8 Å². The van der Waals surface area contributed by atoms with Crippen LogP contribution in [0.5, 0.6) is 5.75 Å². The molecule has 1 amide bonds. The molecule has 1 aliphatic heterocycles. The number of nitrogens with one attached hydrogen (secondary N) is 1. The molecule has 2 aromatic carbocycles. The van der Waals surface area contributed by atoms with Gasteiger partial charge in [0.2, 0.25) is 5.91 Å². The zero-order valence-electron chi connectivity index (χ0n) is 17.3. The smallest absolute Gasteiger partial charge is 0.223 e. The Hall–Kier alpha value is -2.33. The van der Waals surface area contributed by atoms with Crippen LogP contribution in [0.1, 0.15) is 36.5 Å². The van der Waals surface area contributed by atoms with Crippen LogP contribution in [0.3, 0.4) is 0 Å². The van der Waals surface area contributed by atoms with Crippen LogP contribution in [0.2, 0.25) is 0 Å². The number of carbonyl (C=O) groups is 1. The van der Waals surface area contributed by atoms with E-state index in [2.05, 4.69) is 41.4 Å². The predicted octanol–water partition coefficient (Wildman–Crippen LogP) is 4.10. The van der Waals surface area contributed by atoms with Gasteiger partial charge >= 0.3 is 0 Å². The number of aryl methyl sites for hydroxylation is 2. The van der Waals surface area contributed by atoms with E-state index in [-0.39, 0.29) is 17.9 Å². The molecule has 0 unspecified atom stereocenters. The van der Waals surface area contributed by atoms with Crippen molar-refractivity contribution in [3.63, 3.8) is 0 Å². The third-order valence-corrected chi connectivity index (χ3v) is 5.46. The first-order chi connectivity index (χ1) is 13.5. The van der Waals surface area contributed by atoms with Gasteiger partial charge in [-0.05, 0) is 63.9 Å². The minimum absolute atomic E-state index is 0.00214. The molecule has 2 aromatic rings. The second-order valence-electron chi connectivity index (χ2n) is 8.02. The highest BCUT2D eigenvalue weighted by Gasteiger charge is 2.25. The van der Waals surface area contributed by atoms with E-state index in [9.17, 15) is 4.79 Å². The van der Waals surface area contributed by atoms with Crippen molar-refractivity contribution in [3.8, 4) is 5.75 Å². The Bertz CT molecular complexity index is 764. The van der Waals surface area contributed by atoms with Gasteiger partial charge in [-0.3, -0.25) is 9.69 Å². The summed E-state index contributed by atoms with van der Waals surface area (Å²) in [6, 6.07) is 16.7. The van der Waals surface area contributed by atoms with E-state index in [0.717, 1.165) is 43.8 Å². The Morgan fingerprint density at radius 1 is 1.11 bits per heavy atom. The van der Waals surface area contributed by atoms with Crippen LogP contribution in [0.25, 0.3) is 0 Å². The van der Waals surface area contributed by atoms with E-state index in [1.54, 1.807) is 0 Å². The summed E-state index contributed by atoms with van der Waals surface area (Å²) in [6.07, 6.45) is 1.84. The molecule has 1 N–H and O–H groups in total. The molecule has 1 fully saturated rings. The molecule has 0 radical (unpaired) electrons. The highest BCUT2D eigenvalue weighted by molar-refractivity contribution is 5.79. The number of hydrogen-bond donors (Lipinski definition) is 1. The molecule has 1 saturated heterocycles. The van der Waals surface area contributed by atoms with Gasteiger partial charge in [-0.15, -0.1) is 0 Å². The van der Waals surface area contributed by atoms with Gasteiger partial charge in [0.15, 0.2) is 0 Å². The number of benzene rings is 2. The van der Waals surface area contributed by atoms with E-state index in [1.165, 1.54) is 11.1 Å². The van der Waals surface area contributed by atoms with E-state index in [0.29, 0.717) is 6.61 Å². The Morgan fingerprint density at radius 3 is 2.46 bits per heavy atom. The van der Waals surface area contributed by atoms with E-state index in [1.807, 2.05) is 38.1 Å². The molecule has 0 bridgehead atoms. The fourth-order valence-electron chi connectivity index (χ4n) is 3.64. The predicted molar refractivity (Wildman–Crippen MR) is 113 cm³/mol. The molecule has 3 rings (SSSR count). The second-order valence-corrected chi connectivity index (χ2v) is 8.02. The maximum absolute atomic E-state index is 12.6. The Kier molecular flexibility index (Phi) is 7.10. The van der Waals surface area contributed by atoms with Crippen molar-refractivity contribution in [1.82, 2.24) is 10.2 Å². The highest BCUT2D eigenvalue weighted by Crippen LogP contribution is 2.20. The first-order valence-electron chi connectivity index (χ1n) is 10.3. The van der Waals surface area contributed by atoms with Crippen molar-refractivity contribution in [1.29, 1.82) is 0 Å². The van der Waals surface area contributed by atoms with Crippen LogP contribution in [-0.4, -0.2) is 36.5 Å². The lowest BCUT2D eigenvalue weighted by Crippen LogP contribution is -2.44. The molecule has 28 heavy (non-hydrogen) atoms. The van der Waals surface area contributed by atoms with Crippen molar-refractivity contribution in [2.45, 2.75) is 46.2 Å². The summed E-state index contributed by atoms with van der Waals surface area (Å²) in [6.45, 7) is 9.55. The molecule has 0 aliphatic carbocycles. The Morgan fingerprint density at radius 2 is 1.79 bits per heavy atom. The number of ether oxygens (including phenoxy) is 1. The second kappa shape index (κ2) is 9.74. The third kappa shape index (κ3) is 5.83. The number of piperidine rings is 1. The molecular formula is C24H32N2O2. The monoisotopic (exact) mass is 380 g/mol. The Balaban J connectivity index is 1.39. The Labute approximate surface area is 168 Å². The van der Waals surface area contributed by atoms with Gasteiger partial charge in [0, 0.05) is 12.5 Å². The highest BCUT2D eigenvalue weighted by atomic mass is 16.5. The van der Waals surface area contributed by atoms with Crippen molar-refractivity contribution in [3.05, 3.63) is 65.2 Å². The maximum Gasteiger partial charge on any atom is 0.223 e. The molecule has 0 spiro atoms. The van der Waals surface area contributed by atoms with Crippen molar-refractivity contribution in [2.75, 3.05) is 19.7 Å². The summed E-state index contributed by atoms with van der Waals surface area (Å²) in [5.41, 5.74) is 3.75. The van der Waals surface area contributed by atoms with Gasteiger partial charge in [0.25, 0.3) is 0 Å². The van der Waals surface area contributed by atoms with E-state index in [4.69, 9.17) is 4.74 Å². The van der Waals surface area contributed by atoms with Crippen molar-refractivity contribution in [2.24, 2.45) is 5.92 Å². The quantitative estimate of drug-likeness (QED) is 0.786. The number of amides is 1. The molecule has 1 aliphatic rings. The summed E-state index contributed by atoms with van der Waals surface area (Å²) >= 11 is 0. The lowest BCUT2D eigenvalue weighted by Gasteiger charge is -2.32. The van der Waals surface area contributed by atoms with E-state index >= 15 is 0 Å². The lowest BCUT2D eigenvalue weighted by molar-refractivity contribution is -0.127. The van der Waals surface area contributed by atoms with Gasteiger partial charge in [-0.25, -0.2) is 0 Å². The van der Waals surface area contributed by atoms with Gasteiger partial charge in [0.05, 0.1) is 6.04 Å². The topological polar surface area (TPSA) is 41.6 Å². The van der Waals surface area contributed by atoms with Gasteiger partial charge < -0.3 is 10.1 Å². The number of likely N-dealkylation sites (tertiary alicyclic amines) is 1. The number of rotatable bonds is 7. The van der Waals surface area contributed by atoms with Crippen LogP contribution in [0.4, 0.5) is 0 Å². The SMILES string of the molecule is Cc1ccc(CN2CCC(C(=O)N[C@@H](C)COc3ccccc3C)CC2)cc1. The largest absolute Gasteiger partial charge is 0.491 e. The molecule has 0 aromatic heterocycles. The number of nitrogens with zero attached hydrogens (tertiary/aromatic N) is 1. The first-order valence-corrected chi connectivity index (χ1v) is 10.3. The van der Waals surface area contributed by atoms with Gasteiger partial charge in [-0.2, -0.15) is 0 Å². The summed E-state index contributed by atoms with van der Waals surface area (Å²) in [5.74, 6) is 1.15. The van der Waals surface area contributed by atoms with Crippen molar-refractivity contribution >= 4 is 5.91 Å². The average Bonchev–Trinajstić information content (AvgIpc) is 2.69. The van der Waals surface area contributed by atoms with Gasteiger partial charge in [0.1, 0.15) is 12.4 Å². The summed E-state index contributed by atoms with van der Waals surface area (Å²) in [7, 11) is 0. The maximum atomic E-state index is 12.6. The fraction of sp³-hybridized carbons (Fsp3) is 0.458. The van der Waals surface area contributed by atoms with Crippen LogP contribution in [-0.2, 0) is 11.3 Å². The minimum Gasteiger partial charge on any atom is -0.491 e. The molecule has 0 saturated carbocycles. The molecule has 150 valence electrons. The average molecular weight is 381 g/mol. The summed E-state index contributed by atoms with van der Waals surface area (Å²) in [4.78, 5) is 15.0. The van der Waals surface area contributed by atoms with E-state index < -0.39 is 0 Å². The molecule has 1 atom stereocenters. The number of carbonyl (C=O) groups excluding carboxylic acids is 1. The first kappa shape index (κ1) is 20.4. The standard InChI is InChI=1S/C24H32N2O2/c1-18-8-10-21(11-9-18)16-26-14-12-22(13-15-26)24(27)25-20(3)17-28-23-7-5-4-6-19(23)2/h4-11,20,22H,12-17H2,1-3H3,(H,25,27)/t20-/m0/s1. The summed E-state index contributed by atoms with van der Waals surface area (Å²) < 4.78 is 5.86. The zero-order chi connectivity index (χ0) is 19.9. The number of hydrogen-bond acceptors (Lipinski definition) is 3.